The van der Waals surface area contributed by atoms with Crippen molar-refractivity contribution in [3.8, 4) is 5.69 Å². The Morgan fingerprint density at radius 2 is 1.64 bits per heavy atom. The van der Waals surface area contributed by atoms with Gasteiger partial charge in [0.15, 0.2) is 0 Å². The summed E-state index contributed by atoms with van der Waals surface area (Å²) in [6.45, 7) is 1.64. The maximum Gasteiger partial charge on any atom is 0.254 e. The Hall–Kier alpha value is -2.85. The Morgan fingerprint density at radius 1 is 0.960 bits per heavy atom. The lowest BCUT2D eigenvalue weighted by atomic mass is 10.1. The molecule has 25 heavy (non-hydrogen) atoms. The van der Waals surface area contributed by atoms with Crippen LogP contribution >= 0.6 is 0 Å². The summed E-state index contributed by atoms with van der Waals surface area (Å²) < 4.78 is 7.18. The van der Waals surface area contributed by atoms with Crippen molar-refractivity contribution in [2.24, 2.45) is 0 Å². The smallest absolute Gasteiger partial charge is 0.254 e. The monoisotopic (exact) mass is 334 g/mol. The summed E-state index contributed by atoms with van der Waals surface area (Å²) in [5.74, 6) is 0.0139. The van der Waals surface area contributed by atoms with Gasteiger partial charge in [0.2, 0.25) is 0 Å². The number of carbonyl (C=O) groups is 1. The number of aromatic nitrogens is 1. The average molecular weight is 334 g/mol. The van der Waals surface area contributed by atoms with Crippen molar-refractivity contribution < 1.29 is 9.53 Å². The normalized spacial score (nSPS) is 10.6. The minimum absolute atomic E-state index is 0.0139. The molecule has 0 radical (unpaired) electrons. The minimum atomic E-state index is 0.0139. The Balaban J connectivity index is 1.76. The van der Waals surface area contributed by atoms with Crippen LogP contribution in [0.25, 0.3) is 5.69 Å². The molecule has 0 aliphatic carbocycles. The van der Waals surface area contributed by atoms with Crippen LogP contribution in [0.15, 0.2) is 79.1 Å². The van der Waals surface area contributed by atoms with Gasteiger partial charge in [0.1, 0.15) is 0 Å². The van der Waals surface area contributed by atoms with Gasteiger partial charge in [-0.25, -0.2) is 0 Å². The maximum absolute atomic E-state index is 12.9. The number of nitrogens with zero attached hydrogens (tertiary/aromatic N) is 2. The van der Waals surface area contributed by atoms with E-state index in [9.17, 15) is 4.79 Å². The lowest BCUT2D eigenvalue weighted by molar-refractivity contribution is 0.0680. The van der Waals surface area contributed by atoms with Crippen molar-refractivity contribution >= 4 is 5.91 Å². The van der Waals surface area contributed by atoms with Gasteiger partial charge in [0.25, 0.3) is 5.91 Å². The molecule has 0 aliphatic rings. The Kier molecular flexibility index (Phi) is 5.65. The number of hydrogen-bond acceptors (Lipinski definition) is 2. The zero-order valence-electron chi connectivity index (χ0n) is 14.3. The molecule has 0 atom stereocenters. The predicted molar refractivity (Wildman–Crippen MR) is 98.8 cm³/mol. The van der Waals surface area contributed by atoms with E-state index in [4.69, 9.17) is 4.74 Å². The van der Waals surface area contributed by atoms with Gasteiger partial charge in [-0.1, -0.05) is 30.3 Å². The van der Waals surface area contributed by atoms with Gasteiger partial charge in [-0.2, -0.15) is 0 Å². The Morgan fingerprint density at radius 3 is 2.28 bits per heavy atom. The summed E-state index contributed by atoms with van der Waals surface area (Å²) in [4.78, 5) is 14.7. The third kappa shape index (κ3) is 4.37. The van der Waals surface area contributed by atoms with Crippen LogP contribution in [-0.4, -0.2) is 35.6 Å². The molecule has 0 spiro atoms. The number of amides is 1. The van der Waals surface area contributed by atoms with E-state index in [1.165, 1.54) is 0 Å². The van der Waals surface area contributed by atoms with Gasteiger partial charge in [-0.15, -0.1) is 0 Å². The SMILES string of the molecule is COCCN(Cc1ccccc1)C(=O)c1ccc(-n2cccc2)cc1. The van der Waals surface area contributed by atoms with Gasteiger partial charge in [-0.3, -0.25) is 4.79 Å². The summed E-state index contributed by atoms with van der Waals surface area (Å²) in [5.41, 5.74) is 2.83. The van der Waals surface area contributed by atoms with Crippen molar-refractivity contribution in [3.63, 3.8) is 0 Å². The van der Waals surface area contributed by atoms with E-state index < -0.39 is 0 Å². The molecule has 3 aromatic rings. The van der Waals surface area contributed by atoms with Crippen molar-refractivity contribution in [1.29, 1.82) is 0 Å². The van der Waals surface area contributed by atoms with Crippen LogP contribution in [0.1, 0.15) is 15.9 Å². The van der Waals surface area contributed by atoms with Crippen LogP contribution in [0.5, 0.6) is 0 Å². The number of hydrogen-bond donors (Lipinski definition) is 0. The van der Waals surface area contributed by atoms with Crippen LogP contribution in [0, 0.1) is 0 Å². The third-order valence-electron chi connectivity index (χ3n) is 4.09. The molecule has 4 nitrogen and oxygen atoms in total. The topological polar surface area (TPSA) is 34.5 Å². The van der Waals surface area contributed by atoms with Gasteiger partial charge in [0, 0.05) is 43.8 Å². The van der Waals surface area contributed by atoms with Crippen LogP contribution in [0.2, 0.25) is 0 Å². The second kappa shape index (κ2) is 8.31. The van der Waals surface area contributed by atoms with Crippen molar-refractivity contribution in [2.45, 2.75) is 6.54 Å². The largest absolute Gasteiger partial charge is 0.383 e. The zero-order chi connectivity index (χ0) is 17.5. The first-order valence-corrected chi connectivity index (χ1v) is 8.33. The highest BCUT2D eigenvalue weighted by Gasteiger charge is 2.16. The first-order chi connectivity index (χ1) is 12.3. The molecule has 3 rings (SSSR count). The van der Waals surface area contributed by atoms with Gasteiger partial charge < -0.3 is 14.2 Å². The molecule has 0 aliphatic heterocycles. The Labute approximate surface area is 148 Å². The number of rotatable bonds is 7. The maximum atomic E-state index is 12.9. The highest BCUT2D eigenvalue weighted by Crippen LogP contribution is 2.14. The van der Waals surface area contributed by atoms with Crippen molar-refractivity contribution in [2.75, 3.05) is 20.3 Å². The molecular weight excluding hydrogens is 312 g/mol. The summed E-state index contributed by atoms with van der Waals surface area (Å²) >= 11 is 0. The molecule has 2 aromatic carbocycles. The number of ether oxygens (including phenoxy) is 1. The van der Waals surface area contributed by atoms with Crippen LogP contribution in [0.3, 0.4) is 0 Å². The van der Waals surface area contributed by atoms with E-state index in [0.717, 1.165) is 11.3 Å². The summed E-state index contributed by atoms with van der Waals surface area (Å²) in [6.07, 6.45) is 3.97. The molecule has 1 heterocycles. The first-order valence-electron chi connectivity index (χ1n) is 8.33. The number of methoxy groups -OCH3 is 1. The fourth-order valence-electron chi connectivity index (χ4n) is 2.72. The second-order valence-electron chi connectivity index (χ2n) is 5.84. The summed E-state index contributed by atoms with van der Waals surface area (Å²) in [7, 11) is 1.65. The standard InChI is InChI=1S/C21H22N2O2/c1-25-16-15-23(17-18-7-3-2-4-8-18)21(24)19-9-11-20(12-10-19)22-13-5-6-14-22/h2-14H,15-17H2,1H3. The van der Waals surface area contributed by atoms with Gasteiger partial charge >= 0.3 is 0 Å². The molecule has 0 N–H and O–H groups in total. The number of carbonyl (C=O) groups excluding carboxylic acids is 1. The molecular formula is C21H22N2O2. The molecule has 4 heteroatoms. The van der Waals surface area contributed by atoms with E-state index >= 15 is 0 Å². The highest BCUT2D eigenvalue weighted by molar-refractivity contribution is 5.94. The van der Waals surface area contributed by atoms with Gasteiger partial charge in [-0.05, 0) is 42.0 Å². The lowest BCUT2D eigenvalue weighted by Crippen LogP contribution is -2.33. The Bertz CT molecular complexity index is 781. The average Bonchev–Trinajstić information content (AvgIpc) is 3.20. The van der Waals surface area contributed by atoms with Crippen LogP contribution in [0.4, 0.5) is 0 Å². The lowest BCUT2D eigenvalue weighted by Gasteiger charge is -2.23. The molecule has 128 valence electrons. The van der Waals surface area contributed by atoms with E-state index in [-0.39, 0.29) is 5.91 Å². The fourth-order valence-corrected chi connectivity index (χ4v) is 2.72. The first kappa shape index (κ1) is 17.0. The van der Waals surface area contributed by atoms with E-state index in [1.54, 1.807) is 7.11 Å². The van der Waals surface area contributed by atoms with Crippen LogP contribution in [-0.2, 0) is 11.3 Å². The summed E-state index contributed by atoms with van der Waals surface area (Å²) in [5, 5.41) is 0. The van der Waals surface area contributed by atoms with E-state index in [0.29, 0.717) is 25.3 Å². The van der Waals surface area contributed by atoms with Gasteiger partial charge in [0.05, 0.1) is 6.61 Å². The molecule has 0 fully saturated rings. The molecule has 0 unspecified atom stereocenters. The second-order valence-corrected chi connectivity index (χ2v) is 5.84. The molecule has 0 saturated carbocycles. The van der Waals surface area contributed by atoms with Crippen molar-refractivity contribution in [1.82, 2.24) is 9.47 Å². The zero-order valence-corrected chi connectivity index (χ0v) is 14.3. The van der Waals surface area contributed by atoms with E-state index in [2.05, 4.69) is 0 Å². The summed E-state index contributed by atoms with van der Waals surface area (Å²) in [6, 6.07) is 21.6. The molecule has 0 saturated heterocycles. The number of benzene rings is 2. The minimum Gasteiger partial charge on any atom is -0.383 e. The molecule has 0 bridgehead atoms. The highest BCUT2D eigenvalue weighted by atomic mass is 16.5. The third-order valence-corrected chi connectivity index (χ3v) is 4.09. The predicted octanol–water partition coefficient (Wildman–Crippen LogP) is 3.77. The molecule has 1 amide bonds. The van der Waals surface area contributed by atoms with Crippen molar-refractivity contribution in [3.05, 3.63) is 90.3 Å². The van der Waals surface area contributed by atoms with E-state index in [1.807, 2.05) is 88.6 Å². The quantitative estimate of drug-likeness (QED) is 0.659. The molecule has 1 aromatic heterocycles. The fraction of sp³-hybridized carbons (Fsp3) is 0.190. The van der Waals surface area contributed by atoms with Crippen LogP contribution < -0.4 is 0 Å².